The van der Waals surface area contributed by atoms with Crippen LogP contribution in [-0.2, 0) is 11.2 Å². The van der Waals surface area contributed by atoms with Crippen molar-refractivity contribution >= 4 is 67.0 Å². The highest BCUT2D eigenvalue weighted by atomic mass is 79.9. The zero-order chi connectivity index (χ0) is 33.8. The SMILES string of the molecule is Nc1c(Br)cc(C(=O)CC(NC(=O)N2CCC(N3CCCCC3)CC2)C(=O)N2CCC(N3CCc4ccccc4NC3=O)CC2)cc1Br. The number of urea groups is 2. The van der Waals surface area contributed by atoms with Crippen molar-refractivity contribution < 1.29 is 19.2 Å². The number of ketones is 1. The lowest BCUT2D eigenvalue weighted by molar-refractivity contribution is -0.134. The van der Waals surface area contributed by atoms with Crippen LogP contribution in [0.5, 0.6) is 0 Å². The third-order valence-electron chi connectivity index (χ3n) is 10.4. The number of amides is 5. The van der Waals surface area contributed by atoms with Gasteiger partial charge in [-0.05, 0) is 114 Å². The third kappa shape index (κ3) is 8.00. The number of fused-ring (bicyclic) bond motifs is 1. The zero-order valence-corrected chi connectivity index (χ0v) is 30.4. The molecule has 13 heteroatoms. The molecule has 1 atom stereocenters. The second kappa shape index (κ2) is 15.6. The molecule has 0 aromatic heterocycles. The number of para-hydroxylation sites is 1. The first kappa shape index (κ1) is 34.7. The van der Waals surface area contributed by atoms with Gasteiger partial charge < -0.3 is 36.0 Å². The lowest BCUT2D eigenvalue weighted by atomic mass is 9.99. The summed E-state index contributed by atoms with van der Waals surface area (Å²) in [5.41, 5.74) is 8.87. The number of halogens is 2. The van der Waals surface area contributed by atoms with Crippen LogP contribution in [0, 0.1) is 0 Å². The second-order valence-electron chi connectivity index (χ2n) is 13.4. The van der Waals surface area contributed by atoms with E-state index in [0.29, 0.717) is 71.8 Å². The van der Waals surface area contributed by atoms with E-state index in [1.165, 1.54) is 19.3 Å². The van der Waals surface area contributed by atoms with Crippen molar-refractivity contribution in [3.63, 3.8) is 0 Å². The summed E-state index contributed by atoms with van der Waals surface area (Å²) in [6, 6.07) is 10.2. The summed E-state index contributed by atoms with van der Waals surface area (Å²) in [7, 11) is 0. The van der Waals surface area contributed by atoms with Crippen LogP contribution in [0.2, 0.25) is 0 Å². The quantitative estimate of drug-likeness (QED) is 0.252. The summed E-state index contributed by atoms with van der Waals surface area (Å²) in [5, 5.41) is 6.00. The highest BCUT2D eigenvalue weighted by molar-refractivity contribution is 9.11. The molecule has 48 heavy (non-hydrogen) atoms. The van der Waals surface area contributed by atoms with E-state index >= 15 is 0 Å². The van der Waals surface area contributed by atoms with Crippen LogP contribution in [0.1, 0.15) is 67.3 Å². The molecule has 2 aromatic rings. The molecule has 0 spiro atoms. The molecule has 0 radical (unpaired) electrons. The average Bonchev–Trinajstić information content (AvgIpc) is 3.28. The molecule has 258 valence electrons. The van der Waals surface area contributed by atoms with Crippen molar-refractivity contribution in [1.82, 2.24) is 24.9 Å². The Morgan fingerprint density at radius 2 is 1.48 bits per heavy atom. The number of nitrogen functional groups attached to an aromatic ring is 1. The fourth-order valence-corrected chi connectivity index (χ4v) is 8.75. The zero-order valence-electron chi connectivity index (χ0n) is 27.3. The van der Waals surface area contributed by atoms with Crippen molar-refractivity contribution in [2.45, 2.75) is 75.9 Å². The first-order valence-electron chi connectivity index (χ1n) is 17.2. The summed E-state index contributed by atoms with van der Waals surface area (Å²) in [6.07, 6.45) is 7.38. The number of piperidine rings is 3. The van der Waals surface area contributed by atoms with Crippen LogP contribution in [-0.4, -0.2) is 107 Å². The predicted octanol–water partition coefficient (Wildman–Crippen LogP) is 5.48. The monoisotopic (exact) mass is 785 g/mol. The summed E-state index contributed by atoms with van der Waals surface area (Å²) >= 11 is 6.82. The molecule has 4 N–H and O–H groups in total. The normalized spacial score (nSPS) is 20.5. The van der Waals surface area contributed by atoms with Gasteiger partial charge in [0.1, 0.15) is 6.04 Å². The Kier molecular flexibility index (Phi) is 11.3. The number of nitrogens with two attached hydrogens (primary N) is 1. The number of likely N-dealkylation sites (tertiary alicyclic amines) is 3. The smallest absolute Gasteiger partial charge is 0.322 e. The topological polar surface area (TPSA) is 131 Å². The maximum atomic E-state index is 14.1. The van der Waals surface area contributed by atoms with E-state index in [2.05, 4.69) is 47.4 Å². The Hall–Kier alpha value is -3.16. The number of hydrogen-bond donors (Lipinski definition) is 3. The first-order chi connectivity index (χ1) is 23.2. The van der Waals surface area contributed by atoms with E-state index < -0.39 is 6.04 Å². The molecular weight excluding hydrogens is 742 g/mol. The molecule has 4 heterocycles. The van der Waals surface area contributed by atoms with Crippen LogP contribution in [0.15, 0.2) is 45.3 Å². The third-order valence-corrected chi connectivity index (χ3v) is 11.7. The van der Waals surface area contributed by atoms with Crippen molar-refractivity contribution in [3.8, 4) is 0 Å². The molecule has 0 saturated carbocycles. The maximum Gasteiger partial charge on any atom is 0.322 e. The molecule has 6 rings (SSSR count). The summed E-state index contributed by atoms with van der Waals surface area (Å²) < 4.78 is 1.15. The molecule has 11 nitrogen and oxygen atoms in total. The number of carbonyl (C=O) groups excluding carboxylic acids is 4. The van der Waals surface area contributed by atoms with E-state index in [1.807, 2.05) is 29.2 Å². The van der Waals surface area contributed by atoms with Gasteiger partial charge in [-0.25, -0.2) is 9.59 Å². The molecular formula is C35H45Br2N7O4. The Morgan fingerprint density at radius 3 is 2.17 bits per heavy atom. The molecule has 0 aliphatic carbocycles. The lowest BCUT2D eigenvalue weighted by Crippen LogP contribution is -2.57. The van der Waals surface area contributed by atoms with E-state index in [-0.39, 0.29) is 36.2 Å². The minimum Gasteiger partial charge on any atom is -0.397 e. The van der Waals surface area contributed by atoms with E-state index in [1.54, 1.807) is 21.9 Å². The summed E-state index contributed by atoms with van der Waals surface area (Å²) in [5.74, 6) is -0.547. The van der Waals surface area contributed by atoms with Gasteiger partial charge in [0, 0.05) is 71.4 Å². The van der Waals surface area contributed by atoms with Crippen molar-refractivity contribution in [2.24, 2.45) is 0 Å². The van der Waals surface area contributed by atoms with Crippen LogP contribution in [0.3, 0.4) is 0 Å². The van der Waals surface area contributed by atoms with E-state index in [4.69, 9.17) is 5.73 Å². The molecule has 1 unspecified atom stereocenters. The number of benzene rings is 2. The maximum absolute atomic E-state index is 14.1. The van der Waals surface area contributed by atoms with Crippen LogP contribution in [0.25, 0.3) is 0 Å². The van der Waals surface area contributed by atoms with Gasteiger partial charge in [0.25, 0.3) is 0 Å². The summed E-state index contributed by atoms with van der Waals surface area (Å²) in [6.45, 7) is 4.96. The van der Waals surface area contributed by atoms with Crippen molar-refractivity contribution in [2.75, 3.05) is 56.9 Å². The second-order valence-corrected chi connectivity index (χ2v) is 15.1. The van der Waals surface area contributed by atoms with Crippen LogP contribution >= 0.6 is 31.9 Å². The first-order valence-corrected chi connectivity index (χ1v) is 18.8. The van der Waals surface area contributed by atoms with Crippen molar-refractivity contribution in [1.29, 1.82) is 0 Å². The molecule has 0 bridgehead atoms. The molecule has 4 aliphatic heterocycles. The van der Waals surface area contributed by atoms with E-state index in [0.717, 1.165) is 43.6 Å². The Morgan fingerprint density at radius 1 is 0.854 bits per heavy atom. The Balaban J connectivity index is 1.11. The number of rotatable bonds is 7. The van der Waals surface area contributed by atoms with Gasteiger partial charge in [-0.1, -0.05) is 24.6 Å². The van der Waals surface area contributed by atoms with Gasteiger partial charge in [0.15, 0.2) is 5.78 Å². The predicted molar refractivity (Wildman–Crippen MR) is 193 cm³/mol. The van der Waals surface area contributed by atoms with Gasteiger partial charge in [0.05, 0.1) is 5.69 Å². The number of nitrogens with zero attached hydrogens (tertiary/aromatic N) is 4. The van der Waals surface area contributed by atoms with Crippen molar-refractivity contribution in [3.05, 3.63) is 56.5 Å². The fraction of sp³-hybridized carbons (Fsp3) is 0.543. The van der Waals surface area contributed by atoms with Gasteiger partial charge >= 0.3 is 12.1 Å². The van der Waals surface area contributed by atoms with Gasteiger partial charge in [-0.2, -0.15) is 0 Å². The Bertz CT molecular complexity index is 1500. The lowest BCUT2D eigenvalue weighted by Gasteiger charge is -2.41. The largest absolute Gasteiger partial charge is 0.397 e. The number of hydrogen-bond acceptors (Lipinski definition) is 6. The molecule has 3 fully saturated rings. The minimum atomic E-state index is -1.02. The number of Topliss-reactive ketones (excluding diaryl/α,β-unsaturated/α-hetero) is 1. The Labute approximate surface area is 299 Å². The highest BCUT2D eigenvalue weighted by Gasteiger charge is 2.36. The number of carbonyl (C=O) groups is 4. The molecule has 4 aliphatic rings. The van der Waals surface area contributed by atoms with E-state index in [9.17, 15) is 19.2 Å². The van der Waals surface area contributed by atoms with Crippen LogP contribution < -0.4 is 16.4 Å². The molecule has 5 amide bonds. The fourth-order valence-electron chi connectivity index (χ4n) is 7.56. The number of nitrogens with one attached hydrogen (secondary N) is 2. The number of anilines is 2. The standard InChI is InChI=1S/C35H45Br2N7O4/c36-27-20-24(21-28(37)32(27)38)31(45)22-30(40-34(47)43-17-9-25(10-18-43)41-13-4-1-5-14-41)33(46)42-15-11-26(12-16-42)44-19-8-23-6-2-3-7-29(23)39-35(44)48/h2-3,6-7,20-21,25-26,30H,1,4-5,8-19,22,38H2,(H,39,48)(H,40,47). The van der Waals surface area contributed by atoms with Gasteiger partial charge in [0.2, 0.25) is 5.91 Å². The highest BCUT2D eigenvalue weighted by Crippen LogP contribution is 2.31. The minimum absolute atomic E-state index is 0.0105. The molecule has 3 saturated heterocycles. The van der Waals surface area contributed by atoms with Gasteiger partial charge in [-0.15, -0.1) is 0 Å². The van der Waals surface area contributed by atoms with Crippen LogP contribution in [0.4, 0.5) is 21.0 Å². The van der Waals surface area contributed by atoms with Gasteiger partial charge in [-0.3, -0.25) is 9.59 Å². The average molecular weight is 788 g/mol. The summed E-state index contributed by atoms with van der Waals surface area (Å²) in [4.78, 5) is 62.4. The molecule has 2 aromatic carbocycles.